The predicted molar refractivity (Wildman–Crippen MR) is 76.4 cm³/mol. The van der Waals surface area contributed by atoms with Crippen LogP contribution >= 0.6 is 0 Å². The van der Waals surface area contributed by atoms with E-state index in [1.807, 2.05) is 6.08 Å². The lowest BCUT2D eigenvalue weighted by molar-refractivity contribution is 0.284. The molecule has 1 N–H and O–H groups in total. The molecule has 0 amide bonds. The first-order valence-corrected chi connectivity index (χ1v) is 6.58. The highest BCUT2D eigenvalue weighted by atomic mass is 14.9. The van der Waals surface area contributed by atoms with Gasteiger partial charge in [0.05, 0.1) is 0 Å². The molecule has 0 radical (unpaired) electrons. The lowest BCUT2D eigenvalue weighted by atomic mass is 9.69. The van der Waals surface area contributed by atoms with Gasteiger partial charge < -0.3 is 5.32 Å². The summed E-state index contributed by atoms with van der Waals surface area (Å²) >= 11 is 0. The van der Waals surface area contributed by atoms with Crippen LogP contribution in [0.1, 0.15) is 38.7 Å². The van der Waals surface area contributed by atoms with E-state index in [1.54, 1.807) is 0 Å². The van der Waals surface area contributed by atoms with Gasteiger partial charge in [-0.05, 0) is 31.9 Å². The van der Waals surface area contributed by atoms with Crippen molar-refractivity contribution >= 4 is 0 Å². The minimum Gasteiger partial charge on any atom is -0.316 e. The van der Waals surface area contributed by atoms with Crippen LogP contribution in [0.15, 0.2) is 43.0 Å². The lowest BCUT2D eigenvalue weighted by Gasteiger charge is -2.40. The topological polar surface area (TPSA) is 12.0 Å². The van der Waals surface area contributed by atoms with Crippen LogP contribution in [-0.4, -0.2) is 13.1 Å². The third-order valence-corrected chi connectivity index (χ3v) is 4.03. The number of benzene rings is 1. The van der Waals surface area contributed by atoms with E-state index in [0.29, 0.717) is 6.04 Å². The molecule has 0 aliphatic carbocycles. The predicted octanol–water partition coefficient (Wildman–Crippen LogP) is 3.91. The van der Waals surface area contributed by atoms with Gasteiger partial charge in [-0.1, -0.05) is 50.3 Å². The van der Waals surface area contributed by atoms with Gasteiger partial charge >= 0.3 is 0 Å². The Balaban J connectivity index is 3.15. The maximum absolute atomic E-state index is 3.88. The number of likely N-dealkylation sites (N-methyl/N-ethyl adjacent to an activating group) is 1. The van der Waals surface area contributed by atoms with E-state index in [-0.39, 0.29) is 5.41 Å². The van der Waals surface area contributed by atoms with Crippen molar-refractivity contribution in [2.45, 2.75) is 44.6 Å². The highest BCUT2D eigenvalue weighted by Gasteiger charge is 2.35. The molecular weight excluding hydrogens is 206 g/mol. The van der Waals surface area contributed by atoms with Gasteiger partial charge in [0.2, 0.25) is 0 Å². The fraction of sp³-hybridized carbons (Fsp3) is 0.500. The molecule has 1 nitrogen and oxygen atoms in total. The van der Waals surface area contributed by atoms with Crippen LogP contribution in [0, 0.1) is 0 Å². The first-order valence-electron chi connectivity index (χ1n) is 6.58. The van der Waals surface area contributed by atoms with Crippen molar-refractivity contribution < 1.29 is 0 Å². The summed E-state index contributed by atoms with van der Waals surface area (Å²) < 4.78 is 0. The summed E-state index contributed by atoms with van der Waals surface area (Å²) in [4.78, 5) is 0. The Labute approximate surface area is 106 Å². The molecule has 0 aliphatic rings. The normalized spacial score (nSPS) is 13.4. The average molecular weight is 231 g/mol. The quantitative estimate of drug-likeness (QED) is 0.702. The van der Waals surface area contributed by atoms with Gasteiger partial charge in [0.15, 0.2) is 0 Å². The van der Waals surface area contributed by atoms with Crippen LogP contribution in [0.2, 0.25) is 0 Å². The molecule has 0 aromatic heterocycles. The van der Waals surface area contributed by atoms with Crippen molar-refractivity contribution in [1.82, 2.24) is 5.32 Å². The van der Waals surface area contributed by atoms with Gasteiger partial charge in [-0.3, -0.25) is 0 Å². The monoisotopic (exact) mass is 231 g/mol. The highest BCUT2D eigenvalue weighted by Crippen LogP contribution is 2.36. The Morgan fingerprint density at radius 1 is 1.24 bits per heavy atom. The van der Waals surface area contributed by atoms with Crippen LogP contribution < -0.4 is 5.32 Å². The Morgan fingerprint density at radius 3 is 2.24 bits per heavy atom. The highest BCUT2D eigenvalue weighted by molar-refractivity contribution is 5.28. The van der Waals surface area contributed by atoms with Crippen LogP contribution in [-0.2, 0) is 5.41 Å². The molecule has 0 saturated heterocycles. The molecule has 17 heavy (non-hydrogen) atoms. The van der Waals surface area contributed by atoms with Gasteiger partial charge in [-0.25, -0.2) is 0 Å². The van der Waals surface area contributed by atoms with E-state index in [4.69, 9.17) is 0 Å². The zero-order valence-electron chi connectivity index (χ0n) is 11.4. The molecule has 1 aromatic carbocycles. The van der Waals surface area contributed by atoms with E-state index < -0.39 is 0 Å². The summed E-state index contributed by atoms with van der Waals surface area (Å²) in [6.45, 7) is 8.45. The molecule has 1 aromatic rings. The van der Waals surface area contributed by atoms with E-state index in [9.17, 15) is 0 Å². The smallest absolute Gasteiger partial charge is 0.0195 e. The van der Waals surface area contributed by atoms with Crippen molar-refractivity contribution in [3.05, 3.63) is 48.6 Å². The fourth-order valence-electron chi connectivity index (χ4n) is 2.91. The zero-order chi connectivity index (χ0) is 12.7. The van der Waals surface area contributed by atoms with E-state index in [0.717, 1.165) is 19.3 Å². The van der Waals surface area contributed by atoms with Crippen molar-refractivity contribution in [3.8, 4) is 0 Å². The third kappa shape index (κ3) is 2.78. The number of rotatable bonds is 7. The SMILES string of the molecule is C=CCC(NC)C(CC)(CC)c1ccccc1. The van der Waals surface area contributed by atoms with E-state index in [1.165, 1.54) is 5.56 Å². The maximum Gasteiger partial charge on any atom is 0.0195 e. The van der Waals surface area contributed by atoms with Crippen LogP contribution in [0.5, 0.6) is 0 Å². The fourth-order valence-corrected chi connectivity index (χ4v) is 2.91. The zero-order valence-corrected chi connectivity index (χ0v) is 11.4. The third-order valence-electron chi connectivity index (χ3n) is 4.03. The second-order valence-electron chi connectivity index (χ2n) is 4.59. The first-order chi connectivity index (χ1) is 8.25. The molecule has 1 atom stereocenters. The average Bonchev–Trinajstić information content (AvgIpc) is 2.40. The number of hydrogen-bond acceptors (Lipinski definition) is 1. The van der Waals surface area contributed by atoms with Crippen molar-refractivity contribution in [3.63, 3.8) is 0 Å². The van der Waals surface area contributed by atoms with Gasteiger partial charge in [0.1, 0.15) is 0 Å². The Kier molecular flexibility index (Phi) is 5.43. The summed E-state index contributed by atoms with van der Waals surface area (Å²) in [6.07, 6.45) is 5.32. The van der Waals surface area contributed by atoms with Gasteiger partial charge in [0.25, 0.3) is 0 Å². The second kappa shape index (κ2) is 6.61. The molecule has 0 heterocycles. The summed E-state index contributed by atoms with van der Waals surface area (Å²) in [5, 5.41) is 3.47. The van der Waals surface area contributed by atoms with E-state index >= 15 is 0 Å². The minimum atomic E-state index is 0.212. The Morgan fingerprint density at radius 2 is 1.82 bits per heavy atom. The second-order valence-corrected chi connectivity index (χ2v) is 4.59. The molecule has 1 rings (SSSR count). The first kappa shape index (κ1) is 14.0. The van der Waals surface area contributed by atoms with Gasteiger partial charge in [-0.15, -0.1) is 6.58 Å². The number of nitrogens with one attached hydrogen (secondary N) is 1. The molecule has 1 heteroatoms. The summed E-state index contributed by atoms with van der Waals surface area (Å²) in [5.74, 6) is 0. The largest absolute Gasteiger partial charge is 0.316 e. The summed E-state index contributed by atoms with van der Waals surface area (Å²) in [6, 6.07) is 11.3. The van der Waals surface area contributed by atoms with Crippen molar-refractivity contribution in [2.75, 3.05) is 7.05 Å². The maximum atomic E-state index is 3.88. The number of hydrogen-bond donors (Lipinski definition) is 1. The summed E-state index contributed by atoms with van der Waals surface area (Å²) in [7, 11) is 2.05. The van der Waals surface area contributed by atoms with E-state index in [2.05, 4.69) is 63.1 Å². The summed E-state index contributed by atoms with van der Waals surface area (Å²) in [5.41, 5.74) is 1.65. The Bertz CT molecular complexity index is 325. The molecule has 0 fully saturated rings. The lowest BCUT2D eigenvalue weighted by Crippen LogP contribution is -2.46. The standard InChI is InChI=1S/C16H25N/c1-5-11-15(17-4)16(6-2,7-3)14-12-9-8-10-13-14/h5,8-10,12-13,15,17H,1,6-7,11H2,2-4H3. The molecule has 1 unspecified atom stereocenters. The van der Waals surface area contributed by atoms with Crippen LogP contribution in [0.3, 0.4) is 0 Å². The molecule has 0 spiro atoms. The van der Waals surface area contributed by atoms with Crippen LogP contribution in [0.4, 0.5) is 0 Å². The minimum absolute atomic E-state index is 0.212. The Hall–Kier alpha value is -1.08. The molecule has 94 valence electrons. The van der Waals surface area contributed by atoms with Gasteiger partial charge in [-0.2, -0.15) is 0 Å². The van der Waals surface area contributed by atoms with Crippen molar-refractivity contribution in [2.24, 2.45) is 0 Å². The molecule has 0 saturated carbocycles. The van der Waals surface area contributed by atoms with Crippen molar-refractivity contribution in [1.29, 1.82) is 0 Å². The van der Waals surface area contributed by atoms with Gasteiger partial charge in [0, 0.05) is 11.5 Å². The van der Waals surface area contributed by atoms with Crippen LogP contribution in [0.25, 0.3) is 0 Å². The molecule has 0 aliphatic heterocycles. The molecular formula is C16H25N. The molecule has 0 bridgehead atoms.